The zero-order chi connectivity index (χ0) is 12.8. The van der Waals surface area contributed by atoms with Crippen molar-refractivity contribution in [1.29, 1.82) is 0 Å². The third-order valence-corrected chi connectivity index (χ3v) is 2.26. The van der Waals surface area contributed by atoms with E-state index in [0.29, 0.717) is 6.61 Å². The second-order valence-electron chi connectivity index (χ2n) is 4.07. The standard InChI is InChI=1S/C11H17BFNO3.ClH/c1-14(2)6-3-7-17-11-5-4-9(12(15)16)8-10(11)13;/h4-5,8,15-16H,3,6-7H2,1-2H3;1H. The Morgan fingerprint density at radius 1 is 1.33 bits per heavy atom. The molecule has 0 aromatic heterocycles. The summed E-state index contributed by atoms with van der Waals surface area (Å²) in [6.45, 7) is 1.30. The minimum Gasteiger partial charge on any atom is -0.490 e. The van der Waals surface area contributed by atoms with Crippen LogP contribution in [-0.4, -0.2) is 49.3 Å². The van der Waals surface area contributed by atoms with E-state index < -0.39 is 12.9 Å². The van der Waals surface area contributed by atoms with Gasteiger partial charge < -0.3 is 19.7 Å². The molecule has 0 saturated carbocycles. The molecule has 0 heterocycles. The zero-order valence-electron chi connectivity index (χ0n) is 10.5. The van der Waals surface area contributed by atoms with Gasteiger partial charge in [-0.3, -0.25) is 0 Å². The van der Waals surface area contributed by atoms with Gasteiger partial charge in [-0.25, -0.2) is 4.39 Å². The maximum absolute atomic E-state index is 13.4. The van der Waals surface area contributed by atoms with Crippen LogP contribution >= 0.6 is 12.4 Å². The Balaban J connectivity index is 0.00000289. The molecule has 0 amide bonds. The fourth-order valence-corrected chi connectivity index (χ4v) is 1.36. The van der Waals surface area contributed by atoms with Gasteiger partial charge in [-0.1, -0.05) is 6.07 Å². The quantitative estimate of drug-likeness (QED) is 0.578. The molecule has 2 N–H and O–H groups in total. The van der Waals surface area contributed by atoms with Crippen molar-refractivity contribution < 1.29 is 19.2 Å². The Bertz CT molecular complexity index is 366. The molecule has 0 aliphatic heterocycles. The van der Waals surface area contributed by atoms with Gasteiger partial charge in [0.15, 0.2) is 11.6 Å². The molecule has 0 unspecified atom stereocenters. The molecule has 1 rings (SSSR count). The first-order chi connectivity index (χ1) is 8.00. The number of hydrogen-bond acceptors (Lipinski definition) is 4. The summed E-state index contributed by atoms with van der Waals surface area (Å²) >= 11 is 0. The highest BCUT2D eigenvalue weighted by molar-refractivity contribution is 6.58. The van der Waals surface area contributed by atoms with Gasteiger partial charge in [-0.15, -0.1) is 12.4 Å². The Morgan fingerprint density at radius 2 is 2.00 bits per heavy atom. The topological polar surface area (TPSA) is 52.9 Å². The minimum absolute atomic E-state index is 0. The number of hydrogen-bond donors (Lipinski definition) is 2. The lowest BCUT2D eigenvalue weighted by atomic mass is 9.80. The Morgan fingerprint density at radius 3 is 2.50 bits per heavy atom. The third-order valence-electron chi connectivity index (χ3n) is 2.26. The average Bonchev–Trinajstić information content (AvgIpc) is 2.25. The van der Waals surface area contributed by atoms with Crippen molar-refractivity contribution in [2.75, 3.05) is 27.2 Å². The van der Waals surface area contributed by atoms with Crippen LogP contribution in [0.25, 0.3) is 0 Å². The lowest BCUT2D eigenvalue weighted by Gasteiger charge is -2.11. The van der Waals surface area contributed by atoms with E-state index in [1.807, 2.05) is 19.0 Å². The summed E-state index contributed by atoms with van der Waals surface area (Å²) < 4.78 is 18.7. The molecule has 0 radical (unpaired) electrons. The zero-order valence-corrected chi connectivity index (χ0v) is 11.3. The van der Waals surface area contributed by atoms with E-state index in [9.17, 15) is 4.39 Å². The van der Waals surface area contributed by atoms with Crippen molar-refractivity contribution in [3.63, 3.8) is 0 Å². The second kappa shape index (κ2) is 8.32. The van der Waals surface area contributed by atoms with Gasteiger partial charge >= 0.3 is 7.12 Å². The van der Waals surface area contributed by atoms with Crippen molar-refractivity contribution >= 4 is 25.0 Å². The van der Waals surface area contributed by atoms with E-state index in [1.54, 1.807) is 0 Å². The summed E-state index contributed by atoms with van der Waals surface area (Å²) in [5.41, 5.74) is 0.114. The van der Waals surface area contributed by atoms with Gasteiger partial charge in [-0.05, 0) is 38.1 Å². The smallest absolute Gasteiger partial charge is 0.488 e. The summed E-state index contributed by atoms with van der Waals surface area (Å²) in [4.78, 5) is 2.02. The molecular weight excluding hydrogens is 259 g/mol. The van der Waals surface area contributed by atoms with E-state index in [-0.39, 0.29) is 23.6 Å². The fraction of sp³-hybridized carbons (Fsp3) is 0.455. The number of nitrogens with zero attached hydrogens (tertiary/aromatic N) is 1. The summed E-state index contributed by atoms with van der Waals surface area (Å²) in [7, 11) is 2.25. The molecule has 0 fully saturated rings. The van der Waals surface area contributed by atoms with Crippen LogP contribution in [-0.2, 0) is 0 Å². The summed E-state index contributed by atoms with van der Waals surface area (Å²) in [5.74, 6) is -0.450. The van der Waals surface area contributed by atoms with Crippen LogP contribution < -0.4 is 10.2 Å². The van der Waals surface area contributed by atoms with Gasteiger partial charge in [0.05, 0.1) is 6.61 Å². The molecule has 0 aliphatic carbocycles. The normalized spacial score (nSPS) is 10.1. The summed E-state index contributed by atoms with van der Waals surface area (Å²) in [6.07, 6.45) is 0.802. The fourth-order valence-electron chi connectivity index (χ4n) is 1.36. The van der Waals surface area contributed by atoms with Crippen LogP contribution in [0.3, 0.4) is 0 Å². The van der Waals surface area contributed by atoms with Gasteiger partial charge in [0.1, 0.15) is 0 Å². The largest absolute Gasteiger partial charge is 0.490 e. The van der Waals surface area contributed by atoms with Crippen LogP contribution in [0.4, 0.5) is 4.39 Å². The Labute approximate surface area is 113 Å². The van der Waals surface area contributed by atoms with Crippen molar-refractivity contribution in [1.82, 2.24) is 4.90 Å². The molecule has 4 nitrogen and oxygen atoms in total. The van der Waals surface area contributed by atoms with Crippen LogP contribution in [0.2, 0.25) is 0 Å². The number of ether oxygens (including phenoxy) is 1. The Kier molecular flexibility index (Phi) is 7.94. The number of halogens is 2. The van der Waals surface area contributed by atoms with Crippen LogP contribution in [0, 0.1) is 5.82 Å². The van der Waals surface area contributed by atoms with E-state index in [0.717, 1.165) is 19.0 Å². The van der Waals surface area contributed by atoms with Crippen molar-refractivity contribution in [2.24, 2.45) is 0 Å². The first-order valence-corrected chi connectivity index (χ1v) is 5.44. The highest BCUT2D eigenvalue weighted by Crippen LogP contribution is 2.14. The third kappa shape index (κ3) is 5.68. The molecule has 1 aromatic carbocycles. The molecule has 18 heavy (non-hydrogen) atoms. The van der Waals surface area contributed by atoms with Gasteiger partial charge in [0, 0.05) is 6.54 Å². The predicted octanol–water partition coefficient (Wildman–Crippen LogP) is 0.258. The highest BCUT2D eigenvalue weighted by atomic mass is 35.5. The average molecular weight is 278 g/mol. The molecule has 0 saturated heterocycles. The molecular formula is C11H18BClFNO3. The maximum Gasteiger partial charge on any atom is 0.488 e. The minimum atomic E-state index is -1.66. The first kappa shape index (κ1) is 17.2. The van der Waals surface area contributed by atoms with Crippen molar-refractivity contribution in [3.8, 4) is 5.75 Å². The van der Waals surface area contributed by atoms with Crippen LogP contribution in [0.5, 0.6) is 5.75 Å². The van der Waals surface area contributed by atoms with Gasteiger partial charge in [0.2, 0.25) is 0 Å². The SMILES string of the molecule is CN(C)CCCOc1ccc(B(O)O)cc1F.Cl. The summed E-state index contributed by atoms with van der Waals surface area (Å²) in [5, 5.41) is 17.7. The molecule has 0 atom stereocenters. The lowest BCUT2D eigenvalue weighted by molar-refractivity contribution is 0.271. The number of rotatable bonds is 6. The molecule has 7 heteroatoms. The van der Waals surface area contributed by atoms with E-state index in [1.165, 1.54) is 12.1 Å². The monoisotopic (exact) mass is 277 g/mol. The maximum atomic E-state index is 13.4. The number of benzene rings is 1. The van der Waals surface area contributed by atoms with Gasteiger partial charge in [-0.2, -0.15) is 0 Å². The first-order valence-electron chi connectivity index (χ1n) is 5.44. The van der Waals surface area contributed by atoms with Gasteiger partial charge in [0.25, 0.3) is 0 Å². The molecule has 0 bridgehead atoms. The second-order valence-corrected chi connectivity index (χ2v) is 4.07. The molecule has 102 valence electrons. The van der Waals surface area contributed by atoms with Crippen LogP contribution in [0.1, 0.15) is 6.42 Å². The van der Waals surface area contributed by atoms with E-state index >= 15 is 0 Å². The molecule has 0 spiro atoms. The molecule has 0 aliphatic rings. The van der Waals surface area contributed by atoms with Crippen LogP contribution in [0.15, 0.2) is 18.2 Å². The predicted molar refractivity (Wildman–Crippen MR) is 72.1 cm³/mol. The van der Waals surface area contributed by atoms with E-state index in [2.05, 4.69) is 0 Å². The van der Waals surface area contributed by atoms with E-state index in [4.69, 9.17) is 14.8 Å². The van der Waals surface area contributed by atoms with Crippen molar-refractivity contribution in [3.05, 3.63) is 24.0 Å². The summed E-state index contributed by atoms with van der Waals surface area (Å²) in [6, 6.07) is 3.89. The highest BCUT2D eigenvalue weighted by Gasteiger charge is 2.13. The van der Waals surface area contributed by atoms with Crippen molar-refractivity contribution in [2.45, 2.75) is 6.42 Å². The molecule has 1 aromatic rings. The lowest BCUT2D eigenvalue weighted by Crippen LogP contribution is -2.30. The Hall–Kier alpha value is -0.815.